The highest BCUT2D eigenvalue weighted by molar-refractivity contribution is 7.92. The van der Waals surface area contributed by atoms with Gasteiger partial charge in [0.1, 0.15) is 0 Å². The Kier molecular flexibility index (Phi) is 4.54. The van der Waals surface area contributed by atoms with Gasteiger partial charge in [0.05, 0.1) is 6.26 Å². The van der Waals surface area contributed by atoms with Crippen molar-refractivity contribution in [3.8, 4) is 0 Å². The van der Waals surface area contributed by atoms with E-state index in [1.54, 1.807) is 36.7 Å². The van der Waals surface area contributed by atoms with Crippen molar-refractivity contribution in [2.75, 3.05) is 11.0 Å². The average molecular weight is 305 g/mol. The van der Waals surface area contributed by atoms with E-state index in [1.807, 2.05) is 12.1 Å². The quantitative estimate of drug-likeness (QED) is 0.873. The van der Waals surface area contributed by atoms with Crippen LogP contribution in [-0.4, -0.2) is 25.6 Å². The van der Waals surface area contributed by atoms with Crippen LogP contribution in [0.3, 0.4) is 0 Å². The maximum absolute atomic E-state index is 11.9. The summed E-state index contributed by atoms with van der Waals surface area (Å²) in [6.45, 7) is 0.407. The molecule has 0 aliphatic carbocycles. The van der Waals surface area contributed by atoms with Gasteiger partial charge in [0.15, 0.2) is 0 Å². The van der Waals surface area contributed by atoms with Crippen LogP contribution in [0.4, 0.5) is 5.69 Å². The van der Waals surface area contributed by atoms with Gasteiger partial charge in [0.2, 0.25) is 10.0 Å². The Bertz CT molecular complexity index is 713. The Morgan fingerprint density at radius 3 is 2.29 bits per heavy atom. The molecule has 0 fully saturated rings. The van der Waals surface area contributed by atoms with Crippen LogP contribution in [0.25, 0.3) is 0 Å². The van der Waals surface area contributed by atoms with Crippen molar-refractivity contribution >= 4 is 21.6 Å². The Morgan fingerprint density at radius 2 is 1.71 bits per heavy atom. The number of hydrogen-bond donors (Lipinski definition) is 2. The molecule has 0 atom stereocenters. The summed E-state index contributed by atoms with van der Waals surface area (Å²) in [5.74, 6) is -0.224. The summed E-state index contributed by atoms with van der Waals surface area (Å²) >= 11 is 0. The highest BCUT2D eigenvalue weighted by Crippen LogP contribution is 2.11. The molecule has 1 aromatic carbocycles. The molecule has 0 aliphatic heterocycles. The van der Waals surface area contributed by atoms with Gasteiger partial charge in [-0.2, -0.15) is 0 Å². The molecule has 0 saturated heterocycles. The van der Waals surface area contributed by atoms with Gasteiger partial charge >= 0.3 is 0 Å². The summed E-state index contributed by atoms with van der Waals surface area (Å²) in [5, 5.41) is 2.78. The first kappa shape index (κ1) is 15.0. The van der Waals surface area contributed by atoms with Crippen molar-refractivity contribution in [1.29, 1.82) is 0 Å². The van der Waals surface area contributed by atoms with Gasteiger partial charge in [-0.25, -0.2) is 8.42 Å². The van der Waals surface area contributed by atoms with E-state index in [2.05, 4.69) is 15.0 Å². The number of hydrogen-bond acceptors (Lipinski definition) is 4. The molecule has 110 valence electrons. The minimum atomic E-state index is -3.31. The van der Waals surface area contributed by atoms with Crippen molar-refractivity contribution in [2.45, 2.75) is 6.54 Å². The molecule has 7 heteroatoms. The summed E-state index contributed by atoms with van der Waals surface area (Å²) in [6, 6.07) is 9.86. The molecule has 0 unspecified atom stereocenters. The van der Waals surface area contributed by atoms with Gasteiger partial charge < -0.3 is 5.32 Å². The normalized spacial score (nSPS) is 10.9. The Balaban J connectivity index is 1.97. The molecule has 0 bridgehead atoms. The molecule has 6 nitrogen and oxygen atoms in total. The fraction of sp³-hybridized carbons (Fsp3) is 0.143. The largest absolute Gasteiger partial charge is 0.348 e. The van der Waals surface area contributed by atoms with Crippen LogP contribution in [0.5, 0.6) is 0 Å². The molecule has 2 rings (SSSR count). The van der Waals surface area contributed by atoms with Crippen LogP contribution in [0.15, 0.2) is 48.8 Å². The fourth-order valence-electron chi connectivity index (χ4n) is 1.69. The minimum absolute atomic E-state index is 0.224. The number of pyridine rings is 1. The number of amides is 1. The highest BCUT2D eigenvalue weighted by atomic mass is 32.2. The van der Waals surface area contributed by atoms with E-state index in [0.29, 0.717) is 17.8 Å². The zero-order valence-corrected chi connectivity index (χ0v) is 12.2. The molecule has 2 aromatic rings. The molecule has 0 radical (unpaired) electrons. The third kappa shape index (κ3) is 4.88. The van der Waals surface area contributed by atoms with E-state index >= 15 is 0 Å². The van der Waals surface area contributed by atoms with E-state index in [1.165, 1.54) is 0 Å². The lowest BCUT2D eigenvalue weighted by Gasteiger charge is -2.07. The highest BCUT2D eigenvalue weighted by Gasteiger charge is 2.06. The summed E-state index contributed by atoms with van der Waals surface area (Å²) in [4.78, 5) is 15.8. The number of carbonyl (C=O) groups is 1. The van der Waals surface area contributed by atoms with Crippen LogP contribution in [0, 0.1) is 0 Å². The molecule has 1 heterocycles. The molecular formula is C14H15N3O3S. The maximum atomic E-state index is 11.9. The van der Waals surface area contributed by atoms with Gasteiger partial charge in [-0.05, 0) is 42.0 Å². The summed E-state index contributed by atoms with van der Waals surface area (Å²) in [6.07, 6.45) is 4.39. The monoisotopic (exact) mass is 305 g/mol. The predicted molar refractivity (Wildman–Crippen MR) is 80.3 cm³/mol. The van der Waals surface area contributed by atoms with Crippen LogP contribution in [0.2, 0.25) is 0 Å². The third-order valence-electron chi connectivity index (χ3n) is 2.65. The second-order valence-corrected chi connectivity index (χ2v) is 6.24. The lowest BCUT2D eigenvalue weighted by Crippen LogP contribution is -2.22. The zero-order chi connectivity index (χ0) is 15.3. The van der Waals surface area contributed by atoms with E-state index < -0.39 is 10.0 Å². The Hall–Kier alpha value is -2.41. The lowest BCUT2D eigenvalue weighted by molar-refractivity contribution is 0.0951. The van der Waals surface area contributed by atoms with Crippen molar-refractivity contribution < 1.29 is 13.2 Å². The fourth-order valence-corrected chi connectivity index (χ4v) is 2.25. The zero-order valence-electron chi connectivity index (χ0n) is 11.4. The Labute approximate surface area is 123 Å². The number of aromatic nitrogens is 1. The van der Waals surface area contributed by atoms with Crippen LogP contribution >= 0.6 is 0 Å². The molecule has 0 spiro atoms. The van der Waals surface area contributed by atoms with E-state index in [4.69, 9.17) is 0 Å². The molecule has 1 aromatic heterocycles. The third-order valence-corrected chi connectivity index (χ3v) is 3.26. The summed E-state index contributed by atoms with van der Waals surface area (Å²) < 4.78 is 24.5. The smallest absolute Gasteiger partial charge is 0.251 e. The first-order valence-electron chi connectivity index (χ1n) is 6.19. The van der Waals surface area contributed by atoms with Crippen molar-refractivity contribution in [2.24, 2.45) is 0 Å². The lowest BCUT2D eigenvalue weighted by atomic mass is 10.2. The van der Waals surface area contributed by atoms with Crippen molar-refractivity contribution in [1.82, 2.24) is 10.3 Å². The number of anilines is 1. The van der Waals surface area contributed by atoms with Gasteiger partial charge in [0.25, 0.3) is 5.91 Å². The van der Waals surface area contributed by atoms with Crippen LogP contribution in [0.1, 0.15) is 15.9 Å². The topological polar surface area (TPSA) is 88.2 Å². The molecule has 21 heavy (non-hydrogen) atoms. The van der Waals surface area contributed by atoms with Crippen LogP contribution in [-0.2, 0) is 16.6 Å². The van der Waals surface area contributed by atoms with Crippen LogP contribution < -0.4 is 10.0 Å². The second-order valence-electron chi connectivity index (χ2n) is 4.49. The maximum Gasteiger partial charge on any atom is 0.251 e. The summed E-state index contributed by atoms with van der Waals surface area (Å²) in [7, 11) is -3.31. The van der Waals surface area contributed by atoms with Gasteiger partial charge in [-0.1, -0.05) is 0 Å². The number of rotatable bonds is 5. The van der Waals surface area contributed by atoms with Crippen molar-refractivity contribution in [3.05, 3.63) is 59.9 Å². The van der Waals surface area contributed by atoms with E-state index in [0.717, 1.165) is 11.8 Å². The number of nitrogens with one attached hydrogen (secondary N) is 2. The average Bonchev–Trinajstić information content (AvgIpc) is 2.45. The van der Waals surface area contributed by atoms with Gasteiger partial charge in [-0.15, -0.1) is 0 Å². The number of carbonyl (C=O) groups excluding carboxylic acids is 1. The van der Waals surface area contributed by atoms with Gasteiger partial charge in [-0.3, -0.25) is 14.5 Å². The predicted octanol–water partition coefficient (Wildman–Crippen LogP) is 1.38. The molecular weight excluding hydrogens is 290 g/mol. The summed E-state index contributed by atoms with van der Waals surface area (Å²) in [5.41, 5.74) is 1.83. The Morgan fingerprint density at radius 1 is 1.10 bits per heavy atom. The van der Waals surface area contributed by atoms with Crippen molar-refractivity contribution in [3.63, 3.8) is 0 Å². The number of sulfonamides is 1. The SMILES string of the molecule is CS(=O)(=O)Nc1ccc(C(=O)NCc2ccncc2)cc1. The standard InChI is InChI=1S/C14H15N3O3S/c1-21(19,20)17-13-4-2-12(3-5-13)14(18)16-10-11-6-8-15-9-7-11/h2-9,17H,10H2,1H3,(H,16,18). The second kappa shape index (κ2) is 6.36. The number of benzene rings is 1. The number of nitrogens with zero attached hydrogens (tertiary/aromatic N) is 1. The van der Waals surface area contributed by atoms with E-state index in [9.17, 15) is 13.2 Å². The molecule has 0 aliphatic rings. The first-order chi connectivity index (χ1) is 9.94. The van der Waals surface area contributed by atoms with E-state index in [-0.39, 0.29) is 5.91 Å². The van der Waals surface area contributed by atoms with Gasteiger partial charge in [0, 0.05) is 30.2 Å². The minimum Gasteiger partial charge on any atom is -0.348 e. The molecule has 2 N–H and O–H groups in total. The molecule has 0 saturated carbocycles. The first-order valence-corrected chi connectivity index (χ1v) is 8.08. The molecule has 1 amide bonds.